The summed E-state index contributed by atoms with van der Waals surface area (Å²) in [5, 5.41) is 3.54. The molecule has 0 atom stereocenters. The molecule has 0 saturated carbocycles. The summed E-state index contributed by atoms with van der Waals surface area (Å²) in [6.45, 7) is 6.70. The maximum absolute atomic E-state index is 12.6. The van der Waals surface area contributed by atoms with E-state index in [9.17, 15) is 4.79 Å². The molecule has 0 fully saturated rings. The van der Waals surface area contributed by atoms with E-state index in [1.54, 1.807) is 11.8 Å². The summed E-state index contributed by atoms with van der Waals surface area (Å²) in [7, 11) is 1.41. The Hall–Kier alpha value is -2.22. The van der Waals surface area contributed by atoms with E-state index in [1.807, 2.05) is 55.5 Å². The Balaban J connectivity index is 1.88. The largest absolute Gasteiger partial charge is 0.494 e. The molecule has 2 aromatic carbocycles. The van der Waals surface area contributed by atoms with Gasteiger partial charge in [-0.25, -0.2) is 4.79 Å². The molecule has 2 aliphatic rings. The average Bonchev–Trinajstić information content (AvgIpc) is 3.20. The molecule has 2 aliphatic heterocycles. The van der Waals surface area contributed by atoms with Crippen LogP contribution >= 0.6 is 35.7 Å². The normalized spacial score (nSPS) is 19.7. The van der Waals surface area contributed by atoms with Gasteiger partial charge in [-0.3, -0.25) is 0 Å². The highest BCUT2D eigenvalue weighted by Gasteiger charge is 2.38. The van der Waals surface area contributed by atoms with Gasteiger partial charge in [-0.2, -0.15) is 0 Å². The fraction of sp³-hybridized carbons (Fsp3) is 0.250. The molecule has 4 rings (SSSR count). The van der Waals surface area contributed by atoms with Crippen molar-refractivity contribution >= 4 is 62.7 Å². The van der Waals surface area contributed by atoms with Gasteiger partial charge in [-0.15, -0.1) is 0 Å². The Kier molecular flexibility index (Phi) is 6.19. The lowest BCUT2D eigenvalue weighted by molar-refractivity contribution is -0.135. The second-order valence-corrected chi connectivity index (χ2v) is 10.3. The third-order valence-electron chi connectivity index (χ3n) is 5.02. The van der Waals surface area contributed by atoms with Crippen LogP contribution in [0.1, 0.15) is 31.9 Å². The average molecular weight is 470 g/mol. The summed E-state index contributed by atoms with van der Waals surface area (Å²) >= 11 is 8.96. The molecule has 0 spiro atoms. The van der Waals surface area contributed by atoms with Crippen LogP contribution in [0.3, 0.4) is 0 Å². The van der Waals surface area contributed by atoms with Crippen LogP contribution < -0.4 is 10.1 Å². The SMILES string of the molecule is CCOc1ccc2c(c1)/C(=C1\SC(C(=O)OC)=C(c3ccccc3)S1)C(=S)C(C)(C)N2. The number of esters is 1. The number of rotatable bonds is 4. The summed E-state index contributed by atoms with van der Waals surface area (Å²) in [6, 6.07) is 15.9. The number of hydrogen-bond donors (Lipinski definition) is 1. The van der Waals surface area contributed by atoms with E-state index in [0.29, 0.717) is 11.5 Å². The molecule has 0 amide bonds. The molecule has 0 aromatic heterocycles. The lowest BCUT2D eigenvalue weighted by Gasteiger charge is -2.37. The van der Waals surface area contributed by atoms with Gasteiger partial charge in [0.05, 0.1) is 23.5 Å². The van der Waals surface area contributed by atoms with E-state index >= 15 is 0 Å². The molecular weight excluding hydrogens is 446 g/mol. The van der Waals surface area contributed by atoms with Crippen molar-refractivity contribution in [2.24, 2.45) is 0 Å². The molecule has 1 N–H and O–H groups in total. The number of carbonyl (C=O) groups excluding carboxylic acids is 1. The fourth-order valence-corrected chi connectivity index (χ4v) is 6.65. The molecule has 0 saturated heterocycles. The Labute approximate surface area is 196 Å². The first-order valence-corrected chi connectivity index (χ1v) is 12.0. The van der Waals surface area contributed by atoms with Crippen molar-refractivity contribution in [2.45, 2.75) is 26.3 Å². The van der Waals surface area contributed by atoms with Crippen molar-refractivity contribution in [3.63, 3.8) is 0 Å². The summed E-state index contributed by atoms with van der Waals surface area (Å²) in [4.78, 5) is 14.9. The van der Waals surface area contributed by atoms with E-state index in [0.717, 1.165) is 42.1 Å². The standard InChI is InChI=1S/C24H23NO3S3/c1-5-28-15-11-12-17-16(13-15)18(21(29)24(2,3)25-17)23-30-19(14-9-7-6-8-10-14)20(31-23)22(26)27-4/h6-13,25H,5H2,1-4H3/b23-18+. The molecule has 2 heterocycles. The zero-order valence-electron chi connectivity index (χ0n) is 17.8. The Morgan fingerprint density at radius 3 is 2.55 bits per heavy atom. The number of thiocarbonyl (C=S) groups is 1. The van der Waals surface area contributed by atoms with Crippen LogP contribution in [0, 0.1) is 0 Å². The quantitative estimate of drug-likeness (QED) is 0.318. The molecule has 0 bridgehead atoms. The molecular formula is C24H23NO3S3. The molecule has 0 unspecified atom stereocenters. The van der Waals surface area contributed by atoms with Crippen LogP contribution in [-0.4, -0.2) is 30.1 Å². The number of carbonyl (C=O) groups is 1. The van der Waals surface area contributed by atoms with Crippen LogP contribution in [0.15, 0.2) is 57.7 Å². The zero-order valence-corrected chi connectivity index (χ0v) is 20.2. The first-order chi connectivity index (χ1) is 14.9. The minimum Gasteiger partial charge on any atom is -0.494 e. The van der Waals surface area contributed by atoms with Crippen LogP contribution in [-0.2, 0) is 9.53 Å². The van der Waals surface area contributed by atoms with E-state index in [-0.39, 0.29) is 5.97 Å². The molecule has 31 heavy (non-hydrogen) atoms. The van der Waals surface area contributed by atoms with Crippen molar-refractivity contribution in [1.29, 1.82) is 0 Å². The van der Waals surface area contributed by atoms with Gasteiger partial charge >= 0.3 is 5.97 Å². The van der Waals surface area contributed by atoms with Gasteiger partial charge in [0, 0.05) is 26.6 Å². The lowest BCUT2D eigenvalue weighted by atomic mass is 9.85. The van der Waals surface area contributed by atoms with Gasteiger partial charge in [0.15, 0.2) is 0 Å². The second-order valence-electron chi connectivity index (χ2n) is 7.60. The number of methoxy groups -OCH3 is 1. The van der Waals surface area contributed by atoms with Gasteiger partial charge in [-0.05, 0) is 44.5 Å². The highest BCUT2D eigenvalue weighted by molar-refractivity contribution is 8.32. The van der Waals surface area contributed by atoms with E-state index in [4.69, 9.17) is 21.7 Å². The summed E-state index contributed by atoms with van der Waals surface area (Å²) < 4.78 is 11.8. The topological polar surface area (TPSA) is 47.6 Å². The number of nitrogens with one attached hydrogen (secondary N) is 1. The summed E-state index contributed by atoms with van der Waals surface area (Å²) in [5.41, 5.74) is 3.54. The highest BCUT2D eigenvalue weighted by atomic mass is 32.2. The number of fused-ring (bicyclic) bond motifs is 1. The minimum atomic E-state index is -0.403. The molecule has 0 radical (unpaired) electrons. The van der Waals surface area contributed by atoms with Crippen LogP contribution in [0.4, 0.5) is 5.69 Å². The second kappa shape index (κ2) is 8.73. The number of anilines is 1. The summed E-state index contributed by atoms with van der Waals surface area (Å²) in [5.74, 6) is 0.454. The maximum atomic E-state index is 12.6. The van der Waals surface area contributed by atoms with Gasteiger partial charge in [-0.1, -0.05) is 66.1 Å². The van der Waals surface area contributed by atoms with E-state index < -0.39 is 5.54 Å². The Morgan fingerprint density at radius 2 is 1.87 bits per heavy atom. The number of benzene rings is 2. The monoisotopic (exact) mass is 469 g/mol. The molecule has 0 aliphatic carbocycles. The lowest BCUT2D eigenvalue weighted by Crippen LogP contribution is -2.43. The highest BCUT2D eigenvalue weighted by Crippen LogP contribution is 2.58. The predicted molar refractivity (Wildman–Crippen MR) is 135 cm³/mol. The Bertz CT molecular complexity index is 1120. The smallest absolute Gasteiger partial charge is 0.345 e. The van der Waals surface area contributed by atoms with Gasteiger partial charge in [0.25, 0.3) is 0 Å². The molecule has 4 nitrogen and oxygen atoms in total. The third kappa shape index (κ3) is 4.14. The number of hydrogen-bond acceptors (Lipinski definition) is 7. The molecule has 160 valence electrons. The van der Waals surface area contributed by atoms with Crippen LogP contribution in [0.5, 0.6) is 5.75 Å². The summed E-state index contributed by atoms with van der Waals surface area (Å²) in [6.07, 6.45) is 0. The van der Waals surface area contributed by atoms with Crippen LogP contribution in [0.2, 0.25) is 0 Å². The Morgan fingerprint density at radius 1 is 1.13 bits per heavy atom. The van der Waals surface area contributed by atoms with Gasteiger partial charge < -0.3 is 14.8 Å². The molecule has 7 heteroatoms. The zero-order chi connectivity index (χ0) is 22.2. The van der Waals surface area contributed by atoms with Crippen molar-refractivity contribution in [1.82, 2.24) is 0 Å². The van der Waals surface area contributed by atoms with Crippen molar-refractivity contribution in [3.8, 4) is 5.75 Å². The minimum absolute atomic E-state index is 0.339. The number of ether oxygens (including phenoxy) is 2. The maximum Gasteiger partial charge on any atom is 0.345 e. The third-order valence-corrected chi connectivity index (χ3v) is 8.36. The first kappa shape index (κ1) is 22.0. The van der Waals surface area contributed by atoms with Crippen molar-refractivity contribution < 1.29 is 14.3 Å². The van der Waals surface area contributed by atoms with E-state index in [1.165, 1.54) is 18.9 Å². The fourth-order valence-electron chi connectivity index (χ4n) is 3.53. The van der Waals surface area contributed by atoms with E-state index in [2.05, 4.69) is 19.2 Å². The van der Waals surface area contributed by atoms with Crippen molar-refractivity contribution in [3.05, 3.63) is 68.8 Å². The van der Waals surface area contributed by atoms with Crippen LogP contribution in [0.25, 0.3) is 10.5 Å². The number of thioether (sulfide) groups is 2. The van der Waals surface area contributed by atoms with Gasteiger partial charge in [0.2, 0.25) is 0 Å². The first-order valence-electron chi connectivity index (χ1n) is 9.94. The predicted octanol–water partition coefficient (Wildman–Crippen LogP) is 6.35. The van der Waals surface area contributed by atoms with Crippen molar-refractivity contribution in [2.75, 3.05) is 19.0 Å². The van der Waals surface area contributed by atoms with Gasteiger partial charge in [0.1, 0.15) is 10.7 Å². The molecule has 2 aromatic rings.